The standard InChI is InChI=1S/C4H4F.Al.H/c1-2-3-4-5;;/h1-4H;;/q;+1;. The van der Waals surface area contributed by atoms with E-state index in [0.29, 0.717) is 0 Å². The molecule has 0 radical (unpaired) electrons. The van der Waals surface area contributed by atoms with E-state index in [4.69, 9.17) is 3.21 Å². The van der Waals surface area contributed by atoms with Gasteiger partial charge in [0.1, 0.15) is 0 Å². The predicted octanol–water partition coefficient (Wildman–Crippen LogP) is 0.464. The first-order valence-corrected chi connectivity index (χ1v) is 3.24. The summed E-state index contributed by atoms with van der Waals surface area (Å²) in [6.45, 7) is 0. The molecule has 0 unspecified atom stereocenters. The molecule has 0 amide bonds. The molecular formula is C4H5AlF+. The number of hydrogen-bond donors (Lipinski definition) is 0. The molecule has 0 spiro atoms. The lowest BCUT2D eigenvalue weighted by atomic mass is 10.6. The van der Waals surface area contributed by atoms with Crippen LogP contribution in [-0.2, 0) is 0 Å². The summed E-state index contributed by atoms with van der Waals surface area (Å²) in [5.41, 5.74) is 0. The Bertz CT molecular complexity index is 73.5. The summed E-state index contributed by atoms with van der Waals surface area (Å²) in [5, 5.41) is 0. The molecule has 30 valence electrons. The van der Waals surface area contributed by atoms with E-state index in [1.807, 2.05) is 17.1 Å². The van der Waals surface area contributed by atoms with Crippen molar-refractivity contribution in [3.05, 3.63) is 23.4 Å². The number of allylic oxidation sites excluding steroid dienone is 2. The lowest BCUT2D eigenvalue weighted by molar-refractivity contribution is -0.432. The summed E-state index contributed by atoms with van der Waals surface area (Å²) < 4.78 is 5.83. The molecule has 0 N–H and O–H groups in total. The summed E-state index contributed by atoms with van der Waals surface area (Å²) in [4.78, 5) is 2.04. The maximum absolute atomic E-state index is 5.83. The highest BCUT2D eigenvalue weighted by Gasteiger charge is 2.08. The van der Waals surface area contributed by atoms with Gasteiger partial charge in [-0.25, -0.2) is 0 Å². The van der Waals surface area contributed by atoms with Crippen LogP contribution in [0.4, 0.5) is 0 Å². The van der Waals surface area contributed by atoms with Gasteiger partial charge in [0.15, 0.2) is 0 Å². The molecule has 1 rings (SSSR count). The average Bonchev–Trinajstić information content (AvgIpc) is 1.72. The van der Waals surface area contributed by atoms with Gasteiger partial charge in [0, 0.05) is 6.08 Å². The highest BCUT2D eigenvalue weighted by molar-refractivity contribution is 6.31. The van der Waals surface area contributed by atoms with Gasteiger partial charge in [-0.1, -0.05) is 6.08 Å². The fourth-order valence-electron chi connectivity index (χ4n) is 0.326. The molecule has 0 saturated carbocycles. The largest absolute Gasteiger partial charge is 0.939 e. The van der Waals surface area contributed by atoms with Gasteiger partial charge in [-0.2, -0.15) is 0 Å². The quantitative estimate of drug-likeness (QED) is 0.387. The minimum atomic E-state index is -0.384. The van der Waals surface area contributed by atoms with Crippen LogP contribution in [0.3, 0.4) is 0 Å². The molecule has 0 fully saturated rings. The van der Waals surface area contributed by atoms with Crippen molar-refractivity contribution in [2.75, 3.05) is 0 Å². The lowest BCUT2D eigenvalue weighted by Gasteiger charge is -1.78. The van der Waals surface area contributed by atoms with E-state index in [-0.39, 0.29) is 15.7 Å². The van der Waals surface area contributed by atoms with Crippen LogP contribution in [0.1, 0.15) is 0 Å². The van der Waals surface area contributed by atoms with Gasteiger partial charge in [-0.3, -0.25) is 0 Å². The normalized spacial score (nSPS) is 17.3. The summed E-state index contributed by atoms with van der Waals surface area (Å²) >= 11 is -0.384. The first kappa shape index (κ1) is 4.11. The minimum Gasteiger partial charge on any atom is -0.479 e. The predicted molar refractivity (Wildman–Crippen MR) is 25.4 cm³/mol. The van der Waals surface area contributed by atoms with E-state index in [1.165, 1.54) is 0 Å². The van der Waals surface area contributed by atoms with Crippen molar-refractivity contribution in [1.29, 1.82) is 0 Å². The molecule has 0 saturated heterocycles. The van der Waals surface area contributed by atoms with Crippen molar-refractivity contribution in [2.45, 2.75) is 0 Å². The van der Waals surface area contributed by atoms with E-state index < -0.39 is 0 Å². The third-order valence-corrected chi connectivity index (χ3v) is 1.39. The zero-order chi connectivity index (χ0) is 4.24. The first-order chi connectivity index (χ1) is 3.00. The smallest absolute Gasteiger partial charge is 0.479 e. The van der Waals surface area contributed by atoms with E-state index in [0.717, 1.165) is 0 Å². The fraction of sp³-hybridized carbons (Fsp3) is 0. The average molecular weight is 99.1 g/mol. The van der Waals surface area contributed by atoms with Gasteiger partial charge < -0.3 is 3.21 Å². The van der Waals surface area contributed by atoms with Gasteiger partial charge in [0.05, 0.1) is 0 Å². The molecule has 0 aromatic heterocycles. The van der Waals surface area contributed by atoms with Gasteiger partial charge >= 0.3 is 15.7 Å². The first-order valence-electron chi connectivity index (χ1n) is 1.89. The Morgan fingerprint density at radius 1 is 1.33 bits per heavy atom. The van der Waals surface area contributed by atoms with Crippen LogP contribution in [-0.4, -0.2) is 15.7 Å². The molecule has 0 nitrogen and oxygen atoms in total. The van der Waals surface area contributed by atoms with E-state index in [1.54, 1.807) is 6.33 Å². The summed E-state index contributed by atoms with van der Waals surface area (Å²) in [6, 6.07) is 0. The number of hydrogen-bond acceptors (Lipinski definition) is 0. The second kappa shape index (κ2) is 2.18. The molecule has 0 atom stereocenters. The number of halogens is 1. The maximum Gasteiger partial charge on any atom is 0.939 e. The van der Waals surface area contributed by atoms with Crippen LogP contribution in [0.2, 0.25) is 0 Å². The Labute approximate surface area is 43.0 Å². The van der Waals surface area contributed by atoms with Crippen molar-refractivity contribution in [3.8, 4) is 0 Å². The monoisotopic (exact) mass is 99.0 g/mol. The van der Waals surface area contributed by atoms with Crippen molar-refractivity contribution in [3.63, 3.8) is 0 Å². The van der Waals surface area contributed by atoms with Crippen molar-refractivity contribution in [2.24, 2.45) is 0 Å². The molecular weight excluding hydrogens is 94.0 g/mol. The molecule has 0 aliphatic carbocycles. The molecule has 0 aromatic carbocycles. The van der Waals surface area contributed by atoms with Crippen LogP contribution in [0, 0.1) is 3.21 Å². The Hall–Kier alpha value is -0.0575. The zero-order valence-electron chi connectivity index (χ0n) is 3.39. The molecule has 1 heterocycles. The molecule has 0 bridgehead atoms. The molecule has 1 aliphatic heterocycles. The van der Waals surface area contributed by atoms with Crippen LogP contribution in [0.5, 0.6) is 0 Å². The van der Waals surface area contributed by atoms with Gasteiger partial charge in [0.2, 0.25) is 6.33 Å². The van der Waals surface area contributed by atoms with Gasteiger partial charge in [-0.15, -0.1) is 0 Å². The van der Waals surface area contributed by atoms with Crippen LogP contribution < -0.4 is 0 Å². The summed E-state index contributed by atoms with van der Waals surface area (Å²) in [7, 11) is 0. The van der Waals surface area contributed by atoms with Gasteiger partial charge in [0.25, 0.3) is 0 Å². The van der Waals surface area contributed by atoms with Crippen LogP contribution in [0.25, 0.3) is 0 Å². The second-order valence-electron chi connectivity index (χ2n) is 1.06. The molecule has 6 heavy (non-hydrogen) atoms. The molecule has 2 heteroatoms. The van der Waals surface area contributed by atoms with Crippen molar-refractivity contribution < 1.29 is 3.21 Å². The van der Waals surface area contributed by atoms with Gasteiger partial charge in [-0.05, 0) is 4.94 Å². The summed E-state index contributed by atoms with van der Waals surface area (Å²) in [6.07, 6.45) is 5.45. The second-order valence-corrected chi connectivity index (χ2v) is 2.14. The molecule has 1 aliphatic rings. The number of rotatable bonds is 0. The third-order valence-electron chi connectivity index (χ3n) is 0.587. The Balaban J connectivity index is 2.46. The Morgan fingerprint density at radius 3 is 2.50 bits per heavy atom. The zero-order valence-corrected chi connectivity index (χ0v) is 4.81. The lowest BCUT2D eigenvalue weighted by Crippen LogP contribution is -1.86. The summed E-state index contributed by atoms with van der Waals surface area (Å²) in [5.74, 6) is 0. The Morgan fingerprint density at radius 2 is 2.33 bits per heavy atom. The third kappa shape index (κ3) is 0.967. The highest BCUT2D eigenvalue weighted by atomic mass is 27.2. The highest BCUT2D eigenvalue weighted by Crippen LogP contribution is 1.85. The van der Waals surface area contributed by atoms with Crippen LogP contribution >= 0.6 is 0 Å². The van der Waals surface area contributed by atoms with E-state index in [9.17, 15) is 0 Å². The van der Waals surface area contributed by atoms with Crippen molar-refractivity contribution in [1.82, 2.24) is 0 Å². The van der Waals surface area contributed by atoms with E-state index >= 15 is 0 Å². The SMILES string of the molecule is C1=C[F+][AlH][CH]=C1. The maximum atomic E-state index is 5.83. The van der Waals surface area contributed by atoms with E-state index in [2.05, 4.69) is 0 Å². The minimum absolute atomic E-state index is 0.384. The fourth-order valence-corrected chi connectivity index (χ4v) is 0.895. The van der Waals surface area contributed by atoms with Crippen molar-refractivity contribution >= 4 is 15.7 Å². The van der Waals surface area contributed by atoms with Crippen LogP contribution in [0.15, 0.2) is 23.4 Å². The Kier molecular flexibility index (Phi) is 1.49. The molecule has 0 aromatic rings. The topological polar surface area (TPSA) is 0 Å².